The van der Waals surface area contributed by atoms with E-state index >= 15 is 0 Å². The Bertz CT molecular complexity index is 467. The van der Waals surface area contributed by atoms with Crippen molar-refractivity contribution < 1.29 is 24.3 Å². The Morgan fingerprint density at radius 1 is 1.36 bits per heavy atom. The number of carbonyl (C=O) groups excluding carboxylic acids is 3. The van der Waals surface area contributed by atoms with Gasteiger partial charge in [-0.3, -0.25) is 14.4 Å². The van der Waals surface area contributed by atoms with Crippen LogP contribution in [0.5, 0.6) is 0 Å². The molecule has 1 aliphatic rings. The summed E-state index contributed by atoms with van der Waals surface area (Å²) in [6.45, 7) is 1.82. The molecule has 0 spiro atoms. The molecule has 6 N–H and O–H groups in total. The zero-order valence-electron chi connectivity index (χ0n) is 12.4. The fraction of sp³-hybridized carbons (Fsp3) is 0.692. The predicted octanol–water partition coefficient (Wildman–Crippen LogP) is -1.84. The zero-order chi connectivity index (χ0) is 16.9. The molecule has 1 heterocycles. The lowest BCUT2D eigenvalue weighted by Gasteiger charge is -2.26. The molecular formula is C13H22N4O5. The fourth-order valence-electron chi connectivity index (χ4n) is 2.35. The van der Waals surface area contributed by atoms with Crippen LogP contribution < -0.4 is 16.8 Å². The Kier molecular flexibility index (Phi) is 6.29. The van der Waals surface area contributed by atoms with Gasteiger partial charge in [0.05, 0.1) is 6.04 Å². The van der Waals surface area contributed by atoms with Gasteiger partial charge < -0.3 is 26.8 Å². The molecule has 3 atom stereocenters. The number of rotatable bonds is 7. The second kappa shape index (κ2) is 7.74. The smallest absolute Gasteiger partial charge is 0.326 e. The molecule has 1 aliphatic heterocycles. The average molecular weight is 314 g/mol. The van der Waals surface area contributed by atoms with Crippen LogP contribution in [0.3, 0.4) is 0 Å². The second-order valence-corrected chi connectivity index (χ2v) is 5.37. The van der Waals surface area contributed by atoms with Crippen molar-refractivity contribution in [1.29, 1.82) is 0 Å². The summed E-state index contributed by atoms with van der Waals surface area (Å²) >= 11 is 0. The van der Waals surface area contributed by atoms with Crippen molar-refractivity contribution in [2.24, 2.45) is 11.5 Å². The number of hydrogen-bond donors (Lipinski definition) is 4. The van der Waals surface area contributed by atoms with E-state index in [-0.39, 0.29) is 12.8 Å². The van der Waals surface area contributed by atoms with Gasteiger partial charge in [0.15, 0.2) is 0 Å². The first-order valence-corrected chi connectivity index (χ1v) is 7.11. The van der Waals surface area contributed by atoms with Crippen molar-refractivity contribution in [3.63, 3.8) is 0 Å². The monoisotopic (exact) mass is 314 g/mol. The Labute approximate surface area is 128 Å². The van der Waals surface area contributed by atoms with Gasteiger partial charge in [-0.2, -0.15) is 0 Å². The van der Waals surface area contributed by atoms with Gasteiger partial charge in [0.1, 0.15) is 12.1 Å². The number of nitrogens with zero attached hydrogens (tertiary/aromatic N) is 1. The van der Waals surface area contributed by atoms with Crippen LogP contribution in [0.25, 0.3) is 0 Å². The lowest BCUT2D eigenvalue weighted by molar-refractivity contribution is -0.149. The van der Waals surface area contributed by atoms with Crippen molar-refractivity contribution in [3.05, 3.63) is 0 Å². The van der Waals surface area contributed by atoms with E-state index in [0.717, 1.165) is 0 Å². The maximum absolute atomic E-state index is 12.2. The number of primary amides is 1. The van der Waals surface area contributed by atoms with Crippen LogP contribution in [-0.4, -0.2) is 58.4 Å². The van der Waals surface area contributed by atoms with Gasteiger partial charge in [0, 0.05) is 13.0 Å². The summed E-state index contributed by atoms with van der Waals surface area (Å²) in [5.74, 6) is -2.65. The maximum atomic E-state index is 12.2. The summed E-state index contributed by atoms with van der Waals surface area (Å²) in [6.07, 6.45) is 1.08. The van der Waals surface area contributed by atoms with Gasteiger partial charge in [-0.15, -0.1) is 0 Å². The Balaban J connectivity index is 2.54. The molecule has 0 aromatic heterocycles. The first-order valence-electron chi connectivity index (χ1n) is 7.11. The number of carbonyl (C=O) groups is 4. The molecule has 124 valence electrons. The highest BCUT2D eigenvalue weighted by atomic mass is 16.4. The summed E-state index contributed by atoms with van der Waals surface area (Å²) in [7, 11) is 0. The van der Waals surface area contributed by atoms with E-state index in [9.17, 15) is 19.2 Å². The number of nitrogens with two attached hydrogens (primary N) is 2. The number of nitrogens with one attached hydrogen (secondary N) is 1. The van der Waals surface area contributed by atoms with Crippen molar-refractivity contribution in [2.45, 2.75) is 50.7 Å². The van der Waals surface area contributed by atoms with Gasteiger partial charge in [0.2, 0.25) is 17.7 Å². The van der Waals surface area contributed by atoms with E-state index in [1.807, 2.05) is 0 Å². The Morgan fingerprint density at radius 2 is 2.00 bits per heavy atom. The van der Waals surface area contributed by atoms with Crippen LogP contribution in [0.2, 0.25) is 0 Å². The van der Waals surface area contributed by atoms with E-state index in [1.54, 1.807) is 0 Å². The van der Waals surface area contributed by atoms with Gasteiger partial charge in [-0.25, -0.2) is 4.79 Å². The van der Waals surface area contributed by atoms with Gasteiger partial charge in [-0.1, -0.05) is 0 Å². The van der Waals surface area contributed by atoms with Crippen LogP contribution in [0, 0.1) is 0 Å². The third kappa shape index (κ3) is 4.69. The summed E-state index contributed by atoms with van der Waals surface area (Å²) in [5, 5.41) is 11.5. The highest BCUT2D eigenvalue weighted by Crippen LogP contribution is 2.18. The molecule has 9 nitrogen and oxygen atoms in total. The lowest BCUT2D eigenvalue weighted by atomic mass is 10.1. The number of aliphatic carboxylic acids is 1. The normalized spacial score (nSPS) is 20.3. The minimum absolute atomic E-state index is 0.0237. The SMILES string of the molecule is CC(NC(=O)C(N)CCC(N)=O)C(=O)N1CCCC1C(=O)O. The van der Waals surface area contributed by atoms with Crippen molar-refractivity contribution >= 4 is 23.7 Å². The number of amides is 3. The van der Waals surface area contributed by atoms with Crippen molar-refractivity contribution in [3.8, 4) is 0 Å². The molecule has 0 saturated carbocycles. The number of carboxylic acid groups (broad SMARTS) is 1. The van der Waals surface area contributed by atoms with E-state index in [0.29, 0.717) is 19.4 Å². The average Bonchev–Trinajstić information content (AvgIpc) is 2.92. The molecule has 9 heteroatoms. The Morgan fingerprint density at radius 3 is 2.55 bits per heavy atom. The molecule has 0 aromatic rings. The van der Waals surface area contributed by atoms with E-state index in [4.69, 9.17) is 16.6 Å². The number of likely N-dealkylation sites (tertiary alicyclic amines) is 1. The third-order valence-electron chi connectivity index (χ3n) is 3.59. The van der Waals surface area contributed by atoms with Crippen LogP contribution in [0.4, 0.5) is 0 Å². The van der Waals surface area contributed by atoms with Gasteiger partial charge in [0.25, 0.3) is 0 Å². The molecular weight excluding hydrogens is 292 g/mol. The van der Waals surface area contributed by atoms with Crippen molar-refractivity contribution in [2.75, 3.05) is 6.54 Å². The van der Waals surface area contributed by atoms with E-state index in [1.165, 1.54) is 11.8 Å². The number of carboxylic acids is 1. The largest absolute Gasteiger partial charge is 0.480 e. The lowest BCUT2D eigenvalue weighted by Crippen LogP contribution is -2.53. The van der Waals surface area contributed by atoms with Crippen LogP contribution in [-0.2, 0) is 19.2 Å². The molecule has 1 saturated heterocycles. The van der Waals surface area contributed by atoms with Crippen molar-refractivity contribution in [1.82, 2.24) is 10.2 Å². The Hall–Kier alpha value is -2.16. The minimum Gasteiger partial charge on any atom is -0.480 e. The predicted molar refractivity (Wildman–Crippen MR) is 76.4 cm³/mol. The summed E-state index contributed by atoms with van der Waals surface area (Å²) in [4.78, 5) is 47.0. The molecule has 0 aromatic carbocycles. The molecule has 0 bridgehead atoms. The highest BCUT2D eigenvalue weighted by molar-refractivity contribution is 5.92. The van der Waals surface area contributed by atoms with Crippen LogP contribution in [0.1, 0.15) is 32.6 Å². The number of hydrogen-bond acceptors (Lipinski definition) is 5. The minimum atomic E-state index is -1.05. The molecule has 1 rings (SSSR count). The highest BCUT2D eigenvalue weighted by Gasteiger charge is 2.36. The second-order valence-electron chi connectivity index (χ2n) is 5.37. The molecule has 0 radical (unpaired) electrons. The first-order chi connectivity index (χ1) is 10.2. The maximum Gasteiger partial charge on any atom is 0.326 e. The molecule has 3 amide bonds. The summed E-state index contributed by atoms with van der Waals surface area (Å²) in [6, 6.07) is -2.68. The fourth-order valence-corrected chi connectivity index (χ4v) is 2.35. The molecule has 3 unspecified atom stereocenters. The van der Waals surface area contributed by atoms with Gasteiger partial charge in [-0.05, 0) is 26.2 Å². The third-order valence-corrected chi connectivity index (χ3v) is 3.59. The molecule has 1 fully saturated rings. The first kappa shape index (κ1) is 17.9. The summed E-state index contributed by atoms with van der Waals surface area (Å²) in [5.41, 5.74) is 10.6. The molecule has 22 heavy (non-hydrogen) atoms. The van der Waals surface area contributed by atoms with Crippen LogP contribution >= 0.6 is 0 Å². The van der Waals surface area contributed by atoms with Gasteiger partial charge >= 0.3 is 5.97 Å². The van der Waals surface area contributed by atoms with E-state index in [2.05, 4.69) is 5.32 Å². The topological polar surface area (TPSA) is 156 Å². The van der Waals surface area contributed by atoms with Crippen LogP contribution in [0.15, 0.2) is 0 Å². The molecule has 0 aliphatic carbocycles. The zero-order valence-corrected chi connectivity index (χ0v) is 12.4. The standard InChI is InChI=1S/C13H22N4O5/c1-7(16-11(19)8(14)4-5-10(15)18)12(20)17-6-2-3-9(17)13(21)22/h7-9H,2-6,14H2,1H3,(H2,15,18)(H,16,19)(H,21,22). The van der Waals surface area contributed by atoms with E-state index < -0.39 is 41.8 Å². The summed E-state index contributed by atoms with van der Waals surface area (Å²) < 4.78 is 0. The quantitative estimate of drug-likeness (QED) is 0.432.